The molecule has 3 heteroatoms. The predicted molar refractivity (Wildman–Crippen MR) is 81.5 cm³/mol. The summed E-state index contributed by atoms with van der Waals surface area (Å²) >= 11 is 0. The fraction of sp³-hybridized carbons (Fsp3) is 0.625. The van der Waals surface area contributed by atoms with Crippen LogP contribution in [0.1, 0.15) is 31.9 Å². The van der Waals surface area contributed by atoms with Gasteiger partial charge in [-0.2, -0.15) is 0 Å². The molecule has 19 heavy (non-hydrogen) atoms. The summed E-state index contributed by atoms with van der Waals surface area (Å²) in [6.07, 6.45) is 0.994. The summed E-state index contributed by atoms with van der Waals surface area (Å²) in [5, 5.41) is 3.50. The summed E-state index contributed by atoms with van der Waals surface area (Å²) in [4.78, 5) is 0. The van der Waals surface area contributed by atoms with Crippen molar-refractivity contribution in [3.8, 4) is 5.75 Å². The van der Waals surface area contributed by atoms with E-state index in [0.29, 0.717) is 11.8 Å². The first-order chi connectivity index (χ1) is 9.12. The molecule has 0 aliphatic heterocycles. The Hall–Kier alpha value is -1.06. The topological polar surface area (TPSA) is 47.3 Å². The molecule has 108 valence electrons. The van der Waals surface area contributed by atoms with Crippen LogP contribution in [0.25, 0.3) is 0 Å². The third kappa shape index (κ3) is 4.84. The molecule has 0 saturated heterocycles. The van der Waals surface area contributed by atoms with Crippen molar-refractivity contribution in [1.82, 2.24) is 5.32 Å². The van der Waals surface area contributed by atoms with Crippen molar-refractivity contribution in [2.24, 2.45) is 17.6 Å². The van der Waals surface area contributed by atoms with E-state index >= 15 is 0 Å². The minimum Gasteiger partial charge on any atom is -0.496 e. The third-order valence-corrected chi connectivity index (χ3v) is 3.71. The van der Waals surface area contributed by atoms with E-state index in [1.165, 1.54) is 11.1 Å². The maximum Gasteiger partial charge on any atom is 0.122 e. The summed E-state index contributed by atoms with van der Waals surface area (Å²) in [5.74, 6) is 2.15. The average molecular weight is 264 g/mol. The number of nitrogens with one attached hydrogen (secondary N) is 1. The highest BCUT2D eigenvalue weighted by Gasteiger charge is 2.10. The number of nitrogens with two attached hydrogens (primary N) is 1. The fourth-order valence-electron chi connectivity index (χ4n) is 2.21. The molecule has 1 aromatic rings. The van der Waals surface area contributed by atoms with Crippen LogP contribution in [-0.2, 0) is 13.0 Å². The molecule has 3 N–H and O–H groups in total. The molecule has 0 amide bonds. The Labute approximate surface area is 117 Å². The number of aryl methyl sites for hydroxylation is 1. The fourth-order valence-corrected chi connectivity index (χ4v) is 2.21. The van der Waals surface area contributed by atoms with Crippen molar-refractivity contribution in [2.75, 3.05) is 20.2 Å². The van der Waals surface area contributed by atoms with Gasteiger partial charge in [0.05, 0.1) is 7.11 Å². The molecule has 0 bridgehead atoms. The zero-order valence-corrected chi connectivity index (χ0v) is 12.7. The summed E-state index contributed by atoms with van der Waals surface area (Å²) < 4.78 is 5.35. The molecular weight excluding hydrogens is 236 g/mol. The zero-order valence-electron chi connectivity index (χ0n) is 12.7. The Kier molecular flexibility index (Phi) is 6.89. The van der Waals surface area contributed by atoms with E-state index in [1.54, 1.807) is 7.11 Å². The van der Waals surface area contributed by atoms with Gasteiger partial charge in [0.15, 0.2) is 0 Å². The average Bonchev–Trinajstić information content (AvgIpc) is 2.42. The quantitative estimate of drug-likeness (QED) is 0.758. The van der Waals surface area contributed by atoms with Crippen LogP contribution >= 0.6 is 0 Å². The predicted octanol–water partition coefficient (Wildman–Crippen LogP) is 2.58. The van der Waals surface area contributed by atoms with Crippen molar-refractivity contribution >= 4 is 0 Å². The van der Waals surface area contributed by atoms with Crippen LogP contribution in [0, 0.1) is 11.8 Å². The maximum atomic E-state index is 5.78. The maximum absolute atomic E-state index is 5.78. The molecule has 0 aromatic heterocycles. The summed E-state index contributed by atoms with van der Waals surface area (Å²) in [5.41, 5.74) is 8.35. The van der Waals surface area contributed by atoms with Crippen molar-refractivity contribution in [3.63, 3.8) is 0 Å². The van der Waals surface area contributed by atoms with Crippen LogP contribution in [0.5, 0.6) is 5.75 Å². The van der Waals surface area contributed by atoms with Crippen LogP contribution < -0.4 is 15.8 Å². The van der Waals surface area contributed by atoms with E-state index in [4.69, 9.17) is 10.5 Å². The molecule has 0 aliphatic carbocycles. The smallest absolute Gasteiger partial charge is 0.122 e. The van der Waals surface area contributed by atoms with Gasteiger partial charge in [0, 0.05) is 6.54 Å². The first-order valence-corrected chi connectivity index (χ1v) is 7.18. The number of benzene rings is 1. The van der Waals surface area contributed by atoms with Crippen LogP contribution in [0.4, 0.5) is 0 Å². The van der Waals surface area contributed by atoms with Gasteiger partial charge in [-0.05, 0) is 48.5 Å². The number of hydrogen-bond acceptors (Lipinski definition) is 3. The number of rotatable bonds is 8. The van der Waals surface area contributed by atoms with Gasteiger partial charge in [0.25, 0.3) is 0 Å². The summed E-state index contributed by atoms with van der Waals surface area (Å²) in [6, 6.07) is 6.40. The Bertz CT molecular complexity index is 377. The number of methoxy groups -OCH3 is 1. The highest BCUT2D eigenvalue weighted by atomic mass is 16.5. The lowest BCUT2D eigenvalue weighted by molar-refractivity contribution is 0.370. The standard InChI is InChI=1S/C16H28N2O/c1-5-14-8-13(6-7-16(14)19-4)10-18-11-15(9-17)12(2)3/h6-8,12,15,18H,5,9-11,17H2,1-4H3. The van der Waals surface area contributed by atoms with Gasteiger partial charge in [-0.25, -0.2) is 0 Å². The van der Waals surface area contributed by atoms with Gasteiger partial charge in [-0.3, -0.25) is 0 Å². The highest BCUT2D eigenvalue weighted by molar-refractivity contribution is 5.37. The van der Waals surface area contributed by atoms with Crippen LogP contribution in [0.3, 0.4) is 0 Å². The molecule has 3 nitrogen and oxygen atoms in total. The minimum absolute atomic E-state index is 0.545. The first-order valence-electron chi connectivity index (χ1n) is 7.18. The second-order valence-electron chi connectivity index (χ2n) is 5.37. The van der Waals surface area contributed by atoms with Gasteiger partial charge >= 0.3 is 0 Å². The van der Waals surface area contributed by atoms with E-state index in [2.05, 4.69) is 44.3 Å². The van der Waals surface area contributed by atoms with Crippen molar-refractivity contribution in [2.45, 2.75) is 33.7 Å². The van der Waals surface area contributed by atoms with E-state index in [-0.39, 0.29) is 0 Å². The van der Waals surface area contributed by atoms with Crippen molar-refractivity contribution < 1.29 is 4.74 Å². The molecule has 1 rings (SSSR count). The summed E-state index contributed by atoms with van der Waals surface area (Å²) in [6.45, 7) is 9.21. The first kappa shape index (κ1) is 16.0. The Balaban J connectivity index is 2.54. The molecule has 0 fully saturated rings. The second kappa shape index (κ2) is 8.18. The van der Waals surface area contributed by atoms with Crippen LogP contribution in [0.2, 0.25) is 0 Å². The normalized spacial score (nSPS) is 12.7. The lowest BCUT2D eigenvalue weighted by atomic mass is 9.96. The molecule has 1 atom stereocenters. The number of hydrogen-bond donors (Lipinski definition) is 2. The van der Waals surface area contributed by atoms with E-state index in [0.717, 1.165) is 31.8 Å². The lowest BCUT2D eigenvalue weighted by Gasteiger charge is -2.19. The molecule has 0 saturated carbocycles. The van der Waals surface area contributed by atoms with E-state index in [1.807, 2.05) is 0 Å². The third-order valence-electron chi connectivity index (χ3n) is 3.71. The van der Waals surface area contributed by atoms with Crippen molar-refractivity contribution in [3.05, 3.63) is 29.3 Å². The summed E-state index contributed by atoms with van der Waals surface area (Å²) in [7, 11) is 1.72. The van der Waals surface area contributed by atoms with Gasteiger partial charge < -0.3 is 15.8 Å². The Morgan fingerprint density at radius 3 is 2.58 bits per heavy atom. The largest absolute Gasteiger partial charge is 0.496 e. The monoisotopic (exact) mass is 264 g/mol. The lowest BCUT2D eigenvalue weighted by Crippen LogP contribution is -2.31. The Morgan fingerprint density at radius 1 is 1.32 bits per heavy atom. The highest BCUT2D eigenvalue weighted by Crippen LogP contribution is 2.20. The van der Waals surface area contributed by atoms with E-state index < -0.39 is 0 Å². The molecule has 0 heterocycles. The molecular formula is C16H28N2O. The molecule has 0 aliphatic rings. The van der Waals surface area contributed by atoms with E-state index in [9.17, 15) is 0 Å². The Morgan fingerprint density at radius 2 is 2.05 bits per heavy atom. The van der Waals surface area contributed by atoms with Crippen LogP contribution in [-0.4, -0.2) is 20.2 Å². The SMILES string of the molecule is CCc1cc(CNCC(CN)C(C)C)ccc1OC. The number of ether oxygens (including phenoxy) is 1. The molecule has 0 radical (unpaired) electrons. The van der Waals surface area contributed by atoms with Gasteiger partial charge in [0.2, 0.25) is 0 Å². The van der Waals surface area contributed by atoms with Crippen LogP contribution in [0.15, 0.2) is 18.2 Å². The minimum atomic E-state index is 0.545. The zero-order chi connectivity index (χ0) is 14.3. The molecule has 1 unspecified atom stereocenters. The van der Waals surface area contributed by atoms with Crippen molar-refractivity contribution in [1.29, 1.82) is 0 Å². The van der Waals surface area contributed by atoms with Gasteiger partial charge in [-0.15, -0.1) is 0 Å². The molecule has 0 spiro atoms. The van der Waals surface area contributed by atoms with Gasteiger partial charge in [-0.1, -0.05) is 32.9 Å². The molecule has 1 aromatic carbocycles. The van der Waals surface area contributed by atoms with Gasteiger partial charge in [0.1, 0.15) is 5.75 Å². The second-order valence-corrected chi connectivity index (χ2v) is 5.37.